The summed E-state index contributed by atoms with van der Waals surface area (Å²) in [6.45, 7) is 7.66. The molecule has 3 fully saturated rings. The summed E-state index contributed by atoms with van der Waals surface area (Å²) in [5.41, 5.74) is 13.3. The monoisotopic (exact) mass is 759 g/mol. The van der Waals surface area contributed by atoms with Crippen molar-refractivity contribution in [2.75, 3.05) is 55.6 Å². The van der Waals surface area contributed by atoms with Crippen LogP contribution in [0.15, 0.2) is 91.1 Å². The molecular weight excluding hydrogens is 711 g/mol. The molecule has 3 amide bonds. The smallest absolute Gasteiger partial charge is 0.255 e. The first-order chi connectivity index (χ1) is 28.0. The largest absolute Gasteiger partial charge is 0.372 e. The van der Waals surface area contributed by atoms with Crippen LogP contribution in [0.25, 0.3) is 22.0 Å². The molecule has 1 aromatic heterocycles. The average Bonchev–Trinajstić information content (AvgIpc) is 3.80. The van der Waals surface area contributed by atoms with Crippen molar-refractivity contribution in [2.24, 2.45) is 5.92 Å². The first kappa shape index (κ1) is 35.7. The van der Waals surface area contributed by atoms with E-state index >= 15 is 0 Å². The number of rotatable bonds is 7. The third-order valence-electron chi connectivity index (χ3n) is 13.2. The number of nitrogens with one attached hydrogen (secondary N) is 2. The average molecular weight is 760 g/mol. The van der Waals surface area contributed by atoms with Gasteiger partial charge in [0.25, 0.3) is 5.91 Å². The van der Waals surface area contributed by atoms with Crippen LogP contribution in [-0.4, -0.2) is 89.6 Å². The van der Waals surface area contributed by atoms with E-state index in [4.69, 9.17) is 0 Å². The number of amides is 3. The minimum absolute atomic E-state index is 0.119. The number of anilines is 2. The van der Waals surface area contributed by atoms with Crippen LogP contribution in [0.3, 0.4) is 0 Å². The van der Waals surface area contributed by atoms with Crippen LogP contribution in [0.4, 0.5) is 11.4 Å². The number of aromatic nitrogens is 2. The third-order valence-corrected chi connectivity index (χ3v) is 13.2. The summed E-state index contributed by atoms with van der Waals surface area (Å²) in [5.74, 6) is -0.0594. The molecular formula is C47H49N7O3. The van der Waals surface area contributed by atoms with Gasteiger partial charge in [-0.15, -0.1) is 0 Å². The minimum atomic E-state index is -0.585. The van der Waals surface area contributed by atoms with Gasteiger partial charge in [0.05, 0.1) is 11.7 Å². The van der Waals surface area contributed by atoms with Crippen molar-refractivity contribution < 1.29 is 14.4 Å². The fourth-order valence-electron chi connectivity index (χ4n) is 10.1. The van der Waals surface area contributed by atoms with Gasteiger partial charge in [0, 0.05) is 81.1 Å². The van der Waals surface area contributed by atoms with Gasteiger partial charge in [-0.1, -0.05) is 48.5 Å². The highest BCUT2D eigenvalue weighted by Crippen LogP contribution is 2.42. The van der Waals surface area contributed by atoms with Gasteiger partial charge in [-0.05, 0) is 120 Å². The van der Waals surface area contributed by atoms with E-state index in [-0.39, 0.29) is 24.1 Å². The van der Waals surface area contributed by atoms with Gasteiger partial charge in [-0.2, -0.15) is 5.10 Å². The number of nitrogens with zero attached hydrogens (tertiary/aromatic N) is 5. The number of allylic oxidation sites excluding steroid dienone is 1. The molecule has 4 aromatic carbocycles. The number of hydrogen-bond acceptors (Lipinski definition) is 7. The van der Waals surface area contributed by atoms with Crippen molar-refractivity contribution in [3.63, 3.8) is 0 Å². The van der Waals surface area contributed by atoms with Gasteiger partial charge in [-0.3, -0.25) is 29.7 Å². The quantitative estimate of drug-likeness (QED) is 0.179. The van der Waals surface area contributed by atoms with Crippen LogP contribution in [0.2, 0.25) is 0 Å². The second-order valence-corrected chi connectivity index (χ2v) is 16.5. The molecule has 0 spiro atoms. The number of imide groups is 1. The number of aryl methyl sites for hydroxylation is 1. The maximum atomic E-state index is 13.2. The summed E-state index contributed by atoms with van der Waals surface area (Å²) < 4.78 is 0. The lowest BCUT2D eigenvalue weighted by atomic mass is 9.87. The van der Waals surface area contributed by atoms with Crippen LogP contribution in [0.1, 0.15) is 76.7 Å². The highest BCUT2D eigenvalue weighted by atomic mass is 16.2. The van der Waals surface area contributed by atoms with Crippen molar-refractivity contribution in [3.05, 3.63) is 125 Å². The number of piperazine rings is 1. The van der Waals surface area contributed by atoms with E-state index in [1.54, 1.807) is 4.90 Å². The third kappa shape index (κ3) is 6.79. The lowest BCUT2D eigenvalue weighted by Crippen LogP contribution is -2.52. The van der Waals surface area contributed by atoms with Crippen LogP contribution in [0.5, 0.6) is 0 Å². The van der Waals surface area contributed by atoms with E-state index in [1.165, 1.54) is 57.3 Å². The SMILES string of the molecule is O=C1CC[C@H](N2Cc3cc(N4CCN(CC5CCN(c6ccc(C7=C(c8ccccc8)CCCc8c7ccc7[nH]ncc87)cc6)CC5)CC4)ccc3C2=O)C(=O)N1. The highest BCUT2D eigenvalue weighted by molar-refractivity contribution is 6.06. The van der Waals surface area contributed by atoms with Gasteiger partial charge in [-0.25, -0.2) is 0 Å². The normalized spacial score (nSPS) is 20.9. The number of benzene rings is 4. The first-order valence-electron chi connectivity index (χ1n) is 20.8. The first-order valence-corrected chi connectivity index (χ1v) is 20.8. The van der Waals surface area contributed by atoms with E-state index in [1.807, 2.05) is 12.3 Å². The molecule has 5 aliphatic rings. The second-order valence-electron chi connectivity index (χ2n) is 16.5. The van der Waals surface area contributed by atoms with Gasteiger partial charge >= 0.3 is 0 Å². The second kappa shape index (κ2) is 15.0. The van der Waals surface area contributed by atoms with E-state index in [0.29, 0.717) is 24.4 Å². The lowest BCUT2D eigenvalue weighted by Gasteiger charge is -2.40. The molecule has 0 bridgehead atoms. The fourth-order valence-corrected chi connectivity index (χ4v) is 10.1. The Morgan fingerprint density at radius 3 is 2.25 bits per heavy atom. The Labute approximate surface area is 333 Å². The van der Waals surface area contributed by atoms with E-state index in [0.717, 1.165) is 81.8 Å². The standard InChI is InChI=1S/C47H49N7O3/c55-44-18-17-43(46(56)49-44)54-30-34-27-36(13-14-38(34)47(54)57)53-25-23-51(24-26-53)29-31-19-21-52(22-20-31)35-11-9-33(10-12-35)45-37(32-5-2-1-3-6-32)7-4-8-39-40(45)15-16-42-41(39)28-48-50-42/h1-3,5-6,9-16,27-28,31,43H,4,7-8,17-26,29-30H2,(H,48,50)(H,49,55,56)/t43-/m0/s1. The molecule has 5 aromatic rings. The molecule has 57 heavy (non-hydrogen) atoms. The predicted molar refractivity (Wildman–Crippen MR) is 224 cm³/mol. The number of aromatic amines is 1. The molecule has 10 nitrogen and oxygen atoms in total. The summed E-state index contributed by atoms with van der Waals surface area (Å²) in [7, 11) is 0. The summed E-state index contributed by atoms with van der Waals surface area (Å²) in [6, 6.07) is 30.3. The Kier molecular flexibility index (Phi) is 9.37. The van der Waals surface area contributed by atoms with Gasteiger partial charge in [0.15, 0.2) is 0 Å². The number of H-pyrrole nitrogens is 1. The Balaban J connectivity index is 0.760. The summed E-state index contributed by atoms with van der Waals surface area (Å²) >= 11 is 0. The zero-order valence-electron chi connectivity index (χ0n) is 32.4. The van der Waals surface area contributed by atoms with Gasteiger partial charge in [0.2, 0.25) is 11.8 Å². The molecule has 1 aliphatic carbocycles. The predicted octanol–water partition coefficient (Wildman–Crippen LogP) is 6.66. The molecule has 290 valence electrons. The minimum Gasteiger partial charge on any atom is -0.372 e. The molecule has 10 heteroatoms. The van der Waals surface area contributed by atoms with Crippen LogP contribution < -0.4 is 15.1 Å². The fraction of sp³-hybridized carbons (Fsp3) is 0.362. The number of carbonyl (C=O) groups is 3. The van der Waals surface area contributed by atoms with Crippen molar-refractivity contribution in [3.8, 4) is 0 Å². The van der Waals surface area contributed by atoms with Crippen molar-refractivity contribution in [1.82, 2.24) is 25.3 Å². The molecule has 2 N–H and O–H groups in total. The Hall–Kier alpha value is -5.74. The van der Waals surface area contributed by atoms with Crippen LogP contribution >= 0.6 is 0 Å². The molecule has 4 aliphatic heterocycles. The summed E-state index contributed by atoms with van der Waals surface area (Å²) in [6.07, 6.45) is 8.23. The van der Waals surface area contributed by atoms with E-state index < -0.39 is 6.04 Å². The Morgan fingerprint density at radius 1 is 0.702 bits per heavy atom. The van der Waals surface area contributed by atoms with Gasteiger partial charge in [0.1, 0.15) is 6.04 Å². The lowest BCUT2D eigenvalue weighted by molar-refractivity contribution is -0.136. The maximum Gasteiger partial charge on any atom is 0.255 e. The topological polar surface area (TPSA) is 105 Å². The molecule has 0 saturated carbocycles. The number of piperidine rings is 2. The van der Waals surface area contributed by atoms with Crippen LogP contribution in [0, 0.1) is 5.92 Å². The summed E-state index contributed by atoms with van der Waals surface area (Å²) in [4.78, 5) is 46.6. The Morgan fingerprint density at radius 2 is 1.46 bits per heavy atom. The number of carbonyl (C=O) groups excluding carboxylic acids is 3. The molecule has 5 heterocycles. The zero-order valence-corrected chi connectivity index (χ0v) is 32.4. The molecule has 0 radical (unpaired) electrons. The van der Waals surface area contributed by atoms with Crippen molar-refractivity contribution in [1.29, 1.82) is 0 Å². The van der Waals surface area contributed by atoms with E-state index in [2.05, 4.69) is 109 Å². The zero-order chi connectivity index (χ0) is 38.5. The van der Waals surface area contributed by atoms with Crippen LogP contribution in [-0.2, 0) is 22.6 Å². The molecule has 1 atom stereocenters. The molecule has 0 unspecified atom stereocenters. The van der Waals surface area contributed by atoms with Crippen molar-refractivity contribution in [2.45, 2.75) is 57.5 Å². The molecule has 10 rings (SSSR count). The number of hydrogen-bond donors (Lipinski definition) is 2. The Bertz CT molecular complexity index is 2370. The highest BCUT2D eigenvalue weighted by Gasteiger charge is 2.39. The van der Waals surface area contributed by atoms with Crippen molar-refractivity contribution >= 4 is 51.1 Å². The molecule has 3 saturated heterocycles. The maximum absolute atomic E-state index is 13.2. The number of fused-ring (bicyclic) bond motifs is 4. The van der Waals surface area contributed by atoms with E-state index in [9.17, 15) is 14.4 Å². The summed E-state index contributed by atoms with van der Waals surface area (Å²) in [5, 5.41) is 11.2. The van der Waals surface area contributed by atoms with Gasteiger partial charge < -0.3 is 14.7 Å².